The predicted octanol–water partition coefficient (Wildman–Crippen LogP) is 1.82. The first-order chi connectivity index (χ1) is 6.79. The van der Waals surface area contributed by atoms with Crippen molar-refractivity contribution in [2.75, 3.05) is 17.2 Å². The Labute approximate surface area is 87.3 Å². The molecule has 2 amide bonds. The monoisotopic (exact) mass is 208 g/mol. The van der Waals surface area contributed by atoms with E-state index in [1.807, 2.05) is 36.0 Å². The van der Waals surface area contributed by atoms with E-state index in [1.165, 1.54) is 5.56 Å². The topological polar surface area (TPSA) is 46.3 Å². The first-order valence-electron chi connectivity index (χ1n) is 4.51. The van der Waals surface area contributed by atoms with Gasteiger partial charge in [-0.2, -0.15) is 11.8 Å². The molecule has 1 aromatic rings. The van der Waals surface area contributed by atoms with Crippen LogP contribution in [0.4, 0.5) is 10.5 Å². The van der Waals surface area contributed by atoms with Gasteiger partial charge in [0.2, 0.25) is 0 Å². The third-order valence-corrected chi connectivity index (χ3v) is 3.25. The molecule has 1 aromatic carbocycles. The van der Waals surface area contributed by atoms with Gasteiger partial charge in [0.25, 0.3) is 0 Å². The van der Waals surface area contributed by atoms with Crippen molar-refractivity contribution in [1.82, 2.24) is 0 Å². The maximum atomic E-state index is 11.2. The first-order valence-corrected chi connectivity index (χ1v) is 5.67. The molecule has 14 heavy (non-hydrogen) atoms. The van der Waals surface area contributed by atoms with Gasteiger partial charge in [0.05, 0.1) is 0 Å². The van der Waals surface area contributed by atoms with Crippen LogP contribution in [0.5, 0.6) is 0 Å². The number of nitrogens with two attached hydrogens (primary N) is 1. The standard InChI is InChI=1S/C10H12N2OS/c11-10(13)12-5-6-14-7-8-3-1-2-4-9(8)12/h1-4H,5-7H2,(H2,11,13). The molecule has 0 aliphatic carbocycles. The summed E-state index contributed by atoms with van der Waals surface area (Å²) in [6.07, 6.45) is 0. The van der Waals surface area contributed by atoms with Gasteiger partial charge in [0.1, 0.15) is 0 Å². The number of amides is 2. The van der Waals surface area contributed by atoms with E-state index in [2.05, 4.69) is 0 Å². The van der Waals surface area contributed by atoms with Crippen molar-refractivity contribution >= 4 is 23.5 Å². The van der Waals surface area contributed by atoms with Gasteiger partial charge in [-0.25, -0.2) is 4.79 Å². The fourth-order valence-corrected chi connectivity index (χ4v) is 2.50. The van der Waals surface area contributed by atoms with Crippen LogP contribution in [0.1, 0.15) is 5.56 Å². The van der Waals surface area contributed by atoms with Gasteiger partial charge in [0.15, 0.2) is 0 Å². The molecule has 0 saturated heterocycles. The predicted molar refractivity (Wildman–Crippen MR) is 59.5 cm³/mol. The lowest BCUT2D eigenvalue weighted by atomic mass is 10.2. The van der Waals surface area contributed by atoms with Crippen molar-refractivity contribution in [1.29, 1.82) is 0 Å². The smallest absolute Gasteiger partial charge is 0.319 e. The second-order valence-electron chi connectivity index (χ2n) is 3.17. The summed E-state index contributed by atoms with van der Waals surface area (Å²) < 4.78 is 0. The number of anilines is 1. The van der Waals surface area contributed by atoms with Gasteiger partial charge in [0, 0.05) is 23.7 Å². The average molecular weight is 208 g/mol. The highest BCUT2D eigenvalue weighted by molar-refractivity contribution is 7.98. The van der Waals surface area contributed by atoms with Gasteiger partial charge in [-0.15, -0.1) is 0 Å². The summed E-state index contributed by atoms with van der Waals surface area (Å²) in [6.45, 7) is 0.705. The van der Waals surface area contributed by atoms with Crippen molar-refractivity contribution in [2.24, 2.45) is 5.73 Å². The molecule has 0 fully saturated rings. The van der Waals surface area contributed by atoms with Crippen molar-refractivity contribution < 1.29 is 4.79 Å². The molecule has 0 spiro atoms. The summed E-state index contributed by atoms with van der Waals surface area (Å²) in [5.41, 5.74) is 7.48. The zero-order valence-electron chi connectivity index (χ0n) is 7.77. The molecule has 1 heterocycles. The molecule has 0 saturated carbocycles. The summed E-state index contributed by atoms with van der Waals surface area (Å²) in [7, 11) is 0. The molecule has 0 unspecified atom stereocenters. The van der Waals surface area contributed by atoms with Gasteiger partial charge in [-0.05, 0) is 11.6 Å². The second-order valence-corrected chi connectivity index (χ2v) is 4.28. The van der Waals surface area contributed by atoms with Crippen LogP contribution in [-0.2, 0) is 5.75 Å². The Morgan fingerprint density at radius 3 is 3.00 bits per heavy atom. The minimum atomic E-state index is -0.361. The van der Waals surface area contributed by atoms with E-state index >= 15 is 0 Å². The van der Waals surface area contributed by atoms with Crippen LogP contribution >= 0.6 is 11.8 Å². The van der Waals surface area contributed by atoms with Crippen LogP contribution in [0.3, 0.4) is 0 Å². The van der Waals surface area contributed by atoms with E-state index in [0.717, 1.165) is 17.2 Å². The Bertz CT molecular complexity index is 354. The molecule has 0 aromatic heterocycles. The number of hydrogen-bond acceptors (Lipinski definition) is 2. The molecular formula is C10H12N2OS. The molecule has 3 nitrogen and oxygen atoms in total. The number of primary amides is 1. The maximum Gasteiger partial charge on any atom is 0.319 e. The van der Waals surface area contributed by atoms with Crippen LogP contribution in [0.2, 0.25) is 0 Å². The van der Waals surface area contributed by atoms with Crippen molar-refractivity contribution in [3.63, 3.8) is 0 Å². The number of hydrogen-bond donors (Lipinski definition) is 1. The summed E-state index contributed by atoms with van der Waals surface area (Å²) in [5.74, 6) is 1.90. The van der Waals surface area contributed by atoms with Crippen molar-refractivity contribution in [2.45, 2.75) is 5.75 Å². The number of urea groups is 1. The molecule has 1 aliphatic rings. The van der Waals surface area contributed by atoms with Crippen molar-refractivity contribution in [3.8, 4) is 0 Å². The number of nitrogens with zero attached hydrogens (tertiary/aromatic N) is 1. The van der Waals surface area contributed by atoms with E-state index in [9.17, 15) is 4.79 Å². The van der Waals surface area contributed by atoms with Gasteiger partial charge in [-0.3, -0.25) is 4.90 Å². The van der Waals surface area contributed by atoms with Crippen LogP contribution < -0.4 is 10.6 Å². The highest BCUT2D eigenvalue weighted by Crippen LogP contribution is 2.27. The van der Waals surface area contributed by atoms with Gasteiger partial charge >= 0.3 is 6.03 Å². The molecule has 0 atom stereocenters. The Hall–Kier alpha value is -1.16. The maximum absolute atomic E-state index is 11.2. The third kappa shape index (κ3) is 1.70. The van der Waals surface area contributed by atoms with Gasteiger partial charge < -0.3 is 5.73 Å². The Kier molecular flexibility index (Phi) is 2.63. The van der Waals surface area contributed by atoms with E-state index in [4.69, 9.17) is 5.73 Å². The minimum absolute atomic E-state index is 0.361. The number of carbonyl (C=O) groups excluding carboxylic acids is 1. The van der Waals surface area contributed by atoms with E-state index in [0.29, 0.717) is 6.54 Å². The molecular weight excluding hydrogens is 196 g/mol. The van der Waals surface area contributed by atoms with Crippen molar-refractivity contribution in [3.05, 3.63) is 29.8 Å². The van der Waals surface area contributed by atoms with Gasteiger partial charge in [-0.1, -0.05) is 18.2 Å². The molecule has 0 radical (unpaired) electrons. The third-order valence-electron chi connectivity index (χ3n) is 2.27. The van der Waals surface area contributed by atoms with E-state index in [-0.39, 0.29) is 6.03 Å². The zero-order chi connectivity index (χ0) is 9.97. The Morgan fingerprint density at radius 1 is 1.43 bits per heavy atom. The molecule has 0 bridgehead atoms. The minimum Gasteiger partial charge on any atom is -0.351 e. The molecule has 74 valence electrons. The molecule has 4 heteroatoms. The normalized spacial score (nSPS) is 15.9. The quantitative estimate of drug-likeness (QED) is 0.707. The SMILES string of the molecule is NC(=O)N1CCSCc2ccccc21. The number of thioether (sulfide) groups is 1. The van der Waals surface area contributed by atoms with Crippen LogP contribution in [0, 0.1) is 0 Å². The summed E-state index contributed by atoms with van der Waals surface area (Å²) >= 11 is 1.83. The fourth-order valence-electron chi connectivity index (χ4n) is 1.58. The summed E-state index contributed by atoms with van der Waals surface area (Å²) in [5, 5.41) is 0. The molecule has 2 rings (SSSR count). The molecule has 2 N–H and O–H groups in total. The first kappa shape index (κ1) is 9.40. The Balaban J connectivity index is 2.42. The number of carbonyl (C=O) groups is 1. The average Bonchev–Trinajstić information content (AvgIpc) is 2.39. The highest BCUT2D eigenvalue weighted by Gasteiger charge is 2.18. The number of fused-ring (bicyclic) bond motifs is 1. The summed E-state index contributed by atoms with van der Waals surface area (Å²) in [6, 6.07) is 7.56. The van der Waals surface area contributed by atoms with Crippen LogP contribution in [-0.4, -0.2) is 18.3 Å². The largest absolute Gasteiger partial charge is 0.351 e. The Morgan fingerprint density at radius 2 is 2.21 bits per heavy atom. The zero-order valence-corrected chi connectivity index (χ0v) is 8.59. The lowest BCUT2D eigenvalue weighted by molar-refractivity contribution is 0.254. The number of benzene rings is 1. The number of rotatable bonds is 0. The van der Waals surface area contributed by atoms with E-state index < -0.39 is 0 Å². The van der Waals surface area contributed by atoms with Crippen LogP contribution in [0.25, 0.3) is 0 Å². The van der Waals surface area contributed by atoms with Crippen LogP contribution in [0.15, 0.2) is 24.3 Å². The molecule has 1 aliphatic heterocycles. The highest BCUT2D eigenvalue weighted by atomic mass is 32.2. The lowest BCUT2D eigenvalue weighted by Crippen LogP contribution is -2.37. The van der Waals surface area contributed by atoms with E-state index in [1.54, 1.807) is 4.90 Å². The lowest BCUT2D eigenvalue weighted by Gasteiger charge is -2.19. The second kappa shape index (κ2) is 3.92. The number of para-hydroxylation sites is 1. The summed E-state index contributed by atoms with van der Waals surface area (Å²) in [4.78, 5) is 12.9. The fraction of sp³-hybridized carbons (Fsp3) is 0.300.